The highest BCUT2D eigenvalue weighted by atomic mass is 32.1. The number of hydrogen-bond acceptors (Lipinski definition) is 5. The first-order chi connectivity index (χ1) is 14.5. The van der Waals surface area contributed by atoms with E-state index in [1.807, 2.05) is 33.0 Å². The van der Waals surface area contributed by atoms with E-state index in [-0.39, 0.29) is 5.82 Å². The quantitative estimate of drug-likeness (QED) is 0.537. The Kier molecular flexibility index (Phi) is 8.04. The van der Waals surface area contributed by atoms with E-state index >= 15 is 0 Å². The van der Waals surface area contributed by atoms with Crippen molar-refractivity contribution >= 4 is 23.0 Å². The Morgan fingerprint density at radius 1 is 1.27 bits per heavy atom. The molecule has 8 heteroatoms. The number of rotatable bonds is 7. The zero-order chi connectivity index (χ0) is 21.5. The van der Waals surface area contributed by atoms with Gasteiger partial charge in [0.15, 0.2) is 5.96 Å². The maximum absolute atomic E-state index is 14.8. The van der Waals surface area contributed by atoms with Crippen molar-refractivity contribution in [2.75, 3.05) is 51.2 Å². The molecule has 1 aromatic heterocycles. The maximum atomic E-state index is 14.8. The van der Waals surface area contributed by atoms with Gasteiger partial charge in [0.05, 0.1) is 29.5 Å². The van der Waals surface area contributed by atoms with Crippen LogP contribution in [0.2, 0.25) is 0 Å². The first-order valence-electron chi connectivity index (χ1n) is 10.7. The SMILES string of the molecule is CCNC(=NCc1ccc(N2CCN(CC)CC2)c(F)c1)N(C)Cc1csc(C)n1. The summed E-state index contributed by atoms with van der Waals surface area (Å²) in [5.41, 5.74) is 2.60. The Labute approximate surface area is 183 Å². The van der Waals surface area contributed by atoms with E-state index in [1.54, 1.807) is 17.4 Å². The molecule has 1 fully saturated rings. The number of thiazole rings is 1. The van der Waals surface area contributed by atoms with E-state index in [0.29, 0.717) is 18.8 Å². The minimum absolute atomic E-state index is 0.163. The highest BCUT2D eigenvalue weighted by molar-refractivity contribution is 7.09. The van der Waals surface area contributed by atoms with Crippen LogP contribution in [0, 0.1) is 12.7 Å². The molecule has 0 unspecified atom stereocenters. The van der Waals surface area contributed by atoms with Crippen LogP contribution < -0.4 is 10.2 Å². The molecule has 0 aliphatic carbocycles. The van der Waals surface area contributed by atoms with Crippen LogP contribution >= 0.6 is 11.3 Å². The summed E-state index contributed by atoms with van der Waals surface area (Å²) < 4.78 is 14.8. The van der Waals surface area contributed by atoms with Crippen molar-refractivity contribution in [3.05, 3.63) is 45.7 Å². The number of aliphatic imine (C=N–C) groups is 1. The Balaban J connectivity index is 1.64. The highest BCUT2D eigenvalue weighted by Crippen LogP contribution is 2.22. The molecule has 3 rings (SSSR count). The molecule has 0 bridgehead atoms. The largest absolute Gasteiger partial charge is 0.367 e. The Hall–Kier alpha value is -2.19. The standard InChI is InChI=1S/C22H33FN6S/c1-5-24-22(27(4)15-19-16-30-17(3)26-19)25-14-18-7-8-21(20(23)13-18)29-11-9-28(6-2)10-12-29/h7-8,13,16H,5-6,9-12,14-15H2,1-4H3,(H,24,25). The molecule has 30 heavy (non-hydrogen) atoms. The number of likely N-dealkylation sites (N-methyl/N-ethyl adjacent to an activating group) is 1. The molecule has 0 saturated carbocycles. The monoisotopic (exact) mass is 432 g/mol. The summed E-state index contributed by atoms with van der Waals surface area (Å²) >= 11 is 1.65. The Morgan fingerprint density at radius 2 is 2.03 bits per heavy atom. The van der Waals surface area contributed by atoms with Gasteiger partial charge in [-0.2, -0.15) is 0 Å². The second-order valence-electron chi connectivity index (χ2n) is 7.59. The number of nitrogens with one attached hydrogen (secondary N) is 1. The molecule has 0 atom stereocenters. The molecule has 0 spiro atoms. The van der Waals surface area contributed by atoms with Crippen molar-refractivity contribution in [2.45, 2.75) is 33.9 Å². The first kappa shape index (κ1) is 22.5. The van der Waals surface area contributed by atoms with Crippen molar-refractivity contribution in [2.24, 2.45) is 4.99 Å². The molecule has 1 saturated heterocycles. The molecule has 6 nitrogen and oxygen atoms in total. The summed E-state index contributed by atoms with van der Waals surface area (Å²) in [6, 6.07) is 5.51. The first-order valence-corrected chi connectivity index (χ1v) is 11.5. The van der Waals surface area contributed by atoms with E-state index in [0.717, 1.165) is 61.5 Å². The maximum Gasteiger partial charge on any atom is 0.194 e. The second kappa shape index (κ2) is 10.7. The summed E-state index contributed by atoms with van der Waals surface area (Å²) in [6.45, 7) is 12.9. The zero-order valence-corrected chi connectivity index (χ0v) is 19.3. The lowest BCUT2D eigenvalue weighted by Gasteiger charge is -2.35. The minimum Gasteiger partial charge on any atom is -0.367 e. The van der Waals surface area contributed by atoms with E-state index in [2.05, 4.69) is 37.3 Å². The highest BCUT2D eigenvalue weighted by Gasteiger charge is 2.18. The topological polar surface area (TPSA) is 47.0 Å². The fraction of sp³-hybridized carbons (Fsp3) is 0.545. The number of guanidine groups is 1. The van der Waals surface area contributed by atoms with Gasteiger partial charge in [0.25, 0.3) is 0 Å². The lowest BCUT2D eigenvalue weighted by atomic mass is 10.1. The lowest BCUT2D eigenvalue weighted by molar-refractivity contribution is 0.270. The fourth-order valence-corrected chi connectivity index (χ4v) is 4.25. The number of aryl methyl sites for hydroxylation is 1. The summed E-state index contributed by atoms with van der Waals surface area (Å²) in [4.78, 5) is 15.8. The smallest absolute Gasteiger partial charge is 0.194 e. The molecular weight excluding hydrogens is 399 g/mol. The predicted octanol–water partition coefficient (Wildman–Crippen LogP) is 3.33. The summed E-state index contributed by atoms with van der Waals surface area (Å²) in [7, 11) is 2.00. The predicted molar refractivity (Wildman–Crippen MR) is 124 cm³/mol. The number of nitrogens with zero attached hydrogens (tertiary/aromatic N) is 5. The van der Waals surface area contributed by atoms with Gasteiger partial charge >= 0.3 is 0 Å². The van der Waals surface area contributed by atoms with Crippen molar-refractivity contribution in [1.29, 1.82) is 0 Å². The van der Waals surface area contributed by atoms with Gasteiger partial charge in [-0.3, -0.25) is 0 Å². The second-order valence-corrected chi connectivity index (χ2v) is 8.65. The van der Waals surface area contributed by atoms with Gasteiger partial charge in [0, 0.05) is 45.2 Å². The summed E-state index contributed by atoms with van der Waals surface area (Å²) in [6.07, 6.45) is 0. The van der Waals surface area contributed by atoms with Gasteiger partial charge in [0.1, 0.15) is 5.82 Å². The lowest BCUT2D eigenvalue weighted by Crippen LogP contribution is -2.46. The van der Waals surface area contributed by atoms with Crippen LogP contribution in [-0.4, -0.2) is 67.1 Å². The van der Waals surface area contributed by atoms with Crippen LogP contribution in [0.15, 0.2) is 28.6 Å². The molecule has 164 valence electrons. The molecule has 1 aromatic carbocycles. The number of anilines is 1. The third-order valence-corrected chi connectivity index (χ3v) is 6.17. The van der Waals surface area contributed by atoms with Gasteiger partial charge in [0.2, 0.25) is 0 Å². The summed E-state index contributed by atoms with van der Waals surface area (Å²) in [5, 5.41) is 6.45. The molecule has 2 aromatic rings. The van der Waals surface area contributed by atoms with E-state index < -0.39 is 0 Å². The van der Waals surface area contributed by atoms with Gasteiger partial charge in [-0.05, 0) is 38.1 Å². The fourth-order valence-electron chi connectivity index (χ4n) is 3.64. The third kappa shape index (κ3) is 5.92. The van der Waals surface area contributed by atoms with Crippen molar-refractivity contribution in [1.82, 2.24) is 20.1 Å². The molecule has 1 aliphatic heterocycles. The molecule has 0 amide bonds. The average molecular weight is 433 g/mol. The van der Waals surface area contributed by atoms with Crippen LogP contribution in [0.5, 0.6) is 0 Å². The zero-order valence-electron chi connectivity index (χ0n) is 18.5. The Bertz CT molecular complexity index is 844. The van der Waals surface area contributed by atoms with Crippen LogP contribution in [0.25, 0.3) is 0 Å². The van der Waals surface area contributed by atoms with Crippen LogP contribution in [0.1, 0.15) is 30.1 Å². The Morgan fingerprint density at radius 3 is 2.63 bits per heavy atom. The minimum atomic E-state index is -0.163. The van der Waals surface area contributed by atoms with Gasteiger partial charge in [-0.25, -0.2) is 14.4 Å². The van der Waals surface area contributed by atoms with Crippen molar-refractivity contribution < 1.29 is 4.39 Å². The average Bonchev–Trinajstić information content (AvgIpc) is 3.15. The normalized spacial score (nSPS) is 15.5. The van der Waals surface area contributed by atoms with Crippen molar-refractivity contribution in [3.8, 4) is 0 Å². The van der Waals surface area contributed by atoms with Gasteiger partial charge < -0.3 is 20.0 Å². The summed E-state index contributed by atoms with van der Waals surface area (Å²) in [5.74, 6) is 0.632. The number of piperazine rings is 1. The van der Waals surface area contributed by atoms with Gasteiger partial charge in [-0.15, -0.1) is 11.3 Å². The van der Waals surface area contributed by atoms with Crippen LogP contribution in [0.4, 0.5) is 10.1 Å². The number of halogens is 1. The number of aromatic nitrogens is 1. The molecule has 2 heterocycles. The van der Waals surface area contributed by atoms with Gasteiger partial charge in [-0.1, -0.05) is 13.0 Å². The number of hydrogen-bond donors (Lipinski definition) is 1. The van der Waals surface area contributed by atoms with Crippen LogP contribution in [-0.2, 0) is 13.1 Å². The van der Waals surface area contributed by atoms with E-state index in [9.17, 15) is 4.39 Å². The number of benzene rings is 1. The van der Waals surface area contributed by atoms with Crippen molar-refractivity contribution in [3.63, 3.8) is 0 Å². The molecule has 0 radical (unpaired) electrons. The molecule has 1 N–H and O–H groups in total. The van der Waals surface area contributed by atoms with E-state index in [4.69, 9.17) is 4.99 Å². The molecule has 1 aliphatic rings. The van der Waals surface area contributed by atoms with Crippen LogP contribution in [0.3, 0.4) is 0 Å². The van der Waals surface area contributed by atoms with E-state index in [1.165, 1.54) is 0 Å². The third-order valence-electron chi connectivity index (χ3n) is 5.35. The molecular formula is C22H33FN6S.